The average Bonchev–Trinajstić information content (AvgIpc) is 2.66. The molecule has 0 saturated heterocycles. The van der Waals surface area contributed by atoms with Crippen LogP contribution in [-0.2, 0) is 12.7 Å². The molecule has 0 saturated carbocycles. The summed E-state index contributed by atoms with van der Waals surface area (Å²) in [5.74, 6) is 0. The van der Waals surface area contributed by atoms with Gasteiger partial charge in [-0.3, -0.25) is 4.79 Å². The van der Waals surface area contributed by atoms with Crippen LogP contribution in [0.2, 0.25) is 0 Å². The topological polar surface area (TPSA) is 45.8 Å². The standard InChI is InChI=1S/C22H17F3N2O/c1-14-7-6-10-17(15(14)2)13-27-20(16-8-4-3-5-9-16)11-19(22(23,24)25)18(12-26)21(27)28/h3-11H,13H2,1-2H3. The molecule has 0 aliphatic heterocycles. The lowest BCUT2D eigenvalue weighted by molar-refractivity contribution is -0.137. The van der Waals surface area contributed by atoms with E-state index in [-0.39, 0.29) is 12.2 Å². The normalized spacial score (nSPS) is 11.3. The van der Waals surface area contributed by atoms with E-state index >= 15 is 0 Å². The highest BCUT2D eigenvalue weighted by atomic mass is 19.4. The van der Waals surface area contributed by atoms with E-state index in [0.29, 0.717) is 5.56 Å². The van der Waals surface area contributed by atoms with Crippen molar-refractivity contribution < 1.29 is 13.2 Å². The molecular weight excluding hydrogens is 365 g/mol. The number of aromatic nitrogens is 1. The van der Waals surface area contributed by atoms with Crippen LogP contribution >= 0.6 is 0 Å². The first-order valence-corrected chi connectivity index (χ1v) is 8.59. The van der Waals surface area contributed by atoms with Crippen LogP contribution in [0.5, 0.6) is 0 Å². The lowest BCUT2D eigenvalue weighted by atomic mass is 10.0. The molecule has 1 heterocycles. The van der Waals surface area contributed by atoms with E-state index in [4.69, 9.17) is 0 Å². The molecule has 2 aromatic carbocycles. The van der Waals surface area contributed by atoms with Crippen LogP contribution in [0.4, 0.5) is 13.2 Å². The second-order valence-electron chi connectivity index (χ2n) is 6.54. The van der Waals surface area contributed by atoms with Gasteiger partial charge in [-0.1, -0.05) is 48.5 Å². The molecule has 1 aromatic heterocycles. The molecule has 3 aromatic rings. The van der Waals surface area contributed by atoms with Crippen LogP contribution < -0.4 is 5.56 Å². The molecule has 3 nitrogen and oxygen atoms in total. The molecule has 0 fully saturated rings. The SMILES string of the molecule is Cc1cccc(Cn2c(-c3ccccc3)cc(C(F)(F)F)c(C#N)c2=O)c1C. The average molecular weight is 382 g/mol. The van der Waals surface area contributed by atoms with Crippen molar-refractivity contribution in [3.63, 3.8) is 0 Å². The van der Waals surface area contributed by atoms with Crippen LogP contribution in [0, 0.1) is 25.2 Å². The Kier molecular flexibility index (Phi) is 5.10. The van der Waals surface area contributed by atoms with Crippen molar-refractivity contribution in [3.05, 3.63) is 92.8 Å². The zero-order valence-corrected chi connectivity index (χ0v) is 15.3. The van der Waals surface area contributed by atoms with Gasteiger partial charge >= 0.3 is 6.18 Å². The van der Waals surface area contributed by atoms with Crippen LogP contribution in [0.1, 0.15) is 27.8 Å². The quantitative estimate of drug-likeness (QED) is 0.635. The Morgan fingerprint density at radius 2 is 1.71 bits per heavy atom. The maximum Gasteiger partial charge on any atom is 0.417 e. The number of pyridine rings is 1. The van der Waals surface area contributed by atoms with Gasteiger partial charge in [-0.15, -0.1) is 0 Å². The minimum absolute atomic E-state index is 0.0728. The first-order chi connectivity index (χ1) is 13.2. The van der Waals surface area contributed by atoms with Gasteiger partial charge in [-0.05, 0) is 42.2 Å². The molecule has 28 heavy (non-hydrogen) atoms. The van der Waals surface area contributed by atoms with Crippen LogP contribution in [0.3, 0.4) is 0 Å². The van der Waals surface area contributed by atoms with E-state index in [1.165, 1.54) is 10.6 Å². The van der Waals surface area contributed by atoms with E-state index in [9.17, 15) is 23.2 Å². The highest BCUT2D eigenvalue weighted by Crippen LogP contribution is 2.33. The number of aryl methyl sites for hydroxylation is 1. The third-order valence-electron chi connectivity index (χ3n) is 4.83. The Hall–Kier alpha value is -3.33. The predicted molar refractivity (Wildman–Crippen MR) is 101 cm³/mol. The molecule has 0 bridgehead atoms. The lowest BCUT2D eigenvalue weighted by Crippen LogP contribution is -2.29. The Labute approximate surface area is 160 Å². The van der Waals surface area contributed by atoms with E-state index in [2.05, 4.69) is 0 Å². The van der Waals surface area contributed by atoms with Crippen molar-refractivity contribution in [3.8, 4) is 17.3 Å². The number of hydrogen-bond acceptors (Lipinski definition) is 2. The maximum atomic E-state index is 13.5. The zero-order chi connectivity index (χ0) is 20.5. The molecule has 0 aliphatic carbocycles. The molecule has 0 N–H and O–H groups in total. The van der Waals surface area contributed by atoms with E-state index in [0.717, 1.165) is 22.8 Å². The summed E-state index contributed by atoms with van der Waals surface area (Å²) in [4.78, 5) is 12.9. The Morgan fingerprint density at radius 1 is 1.04 bits per heavy atom. The van der Waals surface area contributed by atoms with Crippen molar-refractivity contribution in [2.75, 3.05) is 0 Å². The number of nitriles is 1. The fourth-order valence-electron chi connectivity index (χ4n) is 3.14. The number of nitrogens with zero attached hydrogens (tertiary/aromatic N) is 2. The summed E-state index contributed by atoms with van der Waals surface area (Å²) in [5.41, 5.74) is 0.317. The fraction of sp³-hybridized carbons (Fsp3) is 0.182. The van der Waals surface area contributed by atoms with E-state index < -0.39 is 22.9 Å². The van der Waals surface area contributed by atoms with Gasteiger partial charge in [0.15, 0.2) is 0 Å². The number of alkyl halides is 3. The molecule has 142 valence electrons. The number of hydrogen-bond donors (Lipinski definition) is 0. The Balaban J connectivity index is 2.33. The minimum atomic E-state index is -4.80. The molecule has 0 aliphatic rings. The number of benzene rings is 2. The summed E-state index contributed by atoms with van der Waals surface area (Å²) in [6.07, 6.45) is -4.80. The minimum Gasteiger partial charge on any atom is -0.303 e. The summed E-state index contributed by atoms with van der Waals surface area (Å²) in [5, 5.41) is 9.25. The van der Waals surface area contributed by atoms with Crippen molar-refractivity contribution in [2.45, 2.75) is 26.6 Å². The number of rotatable bonds is 3. The molecule has 0 atom stereocenters. The lowest BCUT2D eigenvalue weighted by Gasteiger charge is -2.19. The number of halogens is 3. The second kappa shape index (κ2) is 7.35. The van der Waals surface area contributed by atoms with Gasteiger partial charge in [0.1, 0.15) is 11.6 Å². The molecular formula is C22H17F3N2O. The summed E-state index contributed by atoms with van der Waals surface area (Å²) >= 11 is 0. The Morgan fingerprint density at radius 3 is 2.32 bits per heavy atom. The summed E-state index contributed by atoms with van der Waals surface area (Å²) in [7, 11) is 0. The highest BCUT2D eigenvalue weighted by molar-refractivity contribution is 5.62. The van der Waals surface area contributed by atoms with Gasteiger partial charge in [-0.2, -0.15) is 18.4 Å². The zero-order valence-electron chi connectivity index (χ0n) is 15.3. The van der Waals surface area contributed by atoms with Crippen LogP contribution in [0.25, 0.3) is 11.3 Å². The van der Waals surface area contributed by atoms with E-state index in [1.807, 2.05) is 32.0 Å². The molecule has 3 rings (SSSR count). The van der Waals surface area contributed by atoms with Gasteiger partial charge in [-0.25, -0.2) is 0 Å². The summed E-state index contributed by atoms with van der Waals surface area (Å²) in [6.45, 7) is 3.89. The fourth-order valence-corrected chi connectivity index (χ4v) is 3.14. The van der Waals surface area contributed by atoms with Gasteiger partial charge < -0.3 is 4.57 Å². The molecule has 6 heteroatoms. The highest BCUT2D eigenvalue weighted by Gasteiger charge is 2.36. The van der Waals surface area contributed by atoms with Gasteiger partial charge in [0.2, 0.25) is 0 Å². The molecule has 0 spiro atoms. The van der Waals surface area contributed by atoms with E-state index in [1.54, 1.807) is 30.3 Å². The monoisotopic (exact) mass is 382 g/mol. The predicted octanol–water partition coefficient (Wildman–Crippen LogP) is 5.07. The largest absolute Gasteiger partial charge is 0.417 e. The third-order valence-corrected chi connectivity index (χ3v) is 4.83. The summed E-state index contributed by atoms with van der Waals surface area (Å²) < 4.78 is 41.7. The first kappa shape index (κ1) is 19.4. The van der Waals surface area contributed by atoms with Crippen molar-refractivity contribution >= 4 is 0 Å². The molecule has 0 unspecified atom stereocenters. The van der Waals surface area contributed by atoms with Crippen molar-refractivity contribution in [1.29, 1.82) is 5.26 Å². The van der Waals surface area contributed by atoms with Crippen molar-refractivity contribution in [1.82, 2.24) is 4.57 Å². The second-order valence-corrected chi connectivity index (χ2v) is 6.54. The van der Waals surface area contributed by atoms with Crippen LogP contribution in [-0.4, -0.2) is 4.57 Å². The van der Waals surface area contributed by atoms with Gasteiger partial charge in [0.25, 0.3) is 5.56 Å². The summed E-state index contributed by atoms with van der Waals surface area (Å²) in [6, 6.07) is 16.3. The smallest absolute Gasteiger partial charge is 0.303 e. The van der Waals surface area contributed by atoms with Crippen LogP contribution in [0.15, 0.2) is 59.4 Å². The maximum absolute atomic E-state index is 13.5. The van der Waals surface area contributed by atoms with Crippen molar-refractivity contribution in [2.24, 2.45) is 0 Å². The molecule has 0 amide bonds. The molecule has 0 radical (unpaired) electrons. The van der Waals surface area contributed by atoms with Gasteiger partial charge in [0.05, 0.1) is 17.8 Å². The first-order valence-electron chi connectivity index (χ1n) is 8.59. The van der Waals surface area contributed by atoms with Gasteiger partial charge in [0, 0.05) is 0 Å². The third kappa shape index (κ3) is 3.56. The Bertz CT molecular complexity index is 1120.